The Morgan fingerprint density at radius 1 is 1.25 bits per heavy atom. The summed E-state index contributed by atoms with van der Waals surface area (Å²) in [5.41, 5.74) is 2.13. The SMILES string of the molecule is CCNc1nc(-c2sccc2Cl)nc2ccc(C)cc12. The lowest BCUT2D eigenvalue weighted by Gasteiger charge is -2.09. The van der Waals surface area contributed by atoms with Crippen LogP contribution in [0.4, 0.5) is 5.82 Å². The van der Waals surface area contributed by atoms with Gasteiger partial charge in [-0.25, -0.2) is 9.97 Å². The van der Waals surface area contributed by atoms with Crippen molar-refractivity contribution in [3.63, 3.8) is 0 Å². The Kier molecular flexibility index (Phi) is 3.59. The quantitative estimate of drug-likeness (QED) is 0.758. The van der Waals surface area contributed by atoms with E-state index in [1.807, 2.05) is 17.5 Å². The predicted molar refractivity (Wildman–Crippen MR) is 86.8 cm³/mol. The lowest BCUT2D eigenvalue weighted by Crippen LogP contribution is -2.02. The first-order valence-electron chi connectivity index (χ1n) is 6.44. The average molecular weight is 304 g/mol. The Labute approximate surface area is 126 Å². The molecule has 0 radical (unpaired) electrons. The molecule has 3 nitrogen and oxygen atoms in total. The molecule has 20 heavy (non-hydrogen) atoms. The van der Waals surface area contributed by atoms with E-state index in [4.69, 9.17) is 11.6 Å². The van der Waals surface area contributed by atoms with Crippen LogP contribution in [0, 0.1) is 6.92 Å². The molecule has 1 aromatic carbocycles. The second-order valence-corrected chi connectivity index (χ2v) is 5.87. The van der Waals surface area contributed by atoms with Crippen LogP contribution in [0.15, 0.2) is 29.6 Å². The second kappa shape index (κ2) is 5.38. The number of aromatic nitrogens is 2. The fraction of sp³-hybridized carbons (Fsp3) is 0.200. The molecule has 0 aliphatic rings. The van der Waals surface area contributed by atoms with Crippen molar-refractivity contribution in [2.45, 2.75) is 13.8 Å². The summed E-state index contributed by atoms with van der Waals surface area (Å²) in [5.74, 6) is 1.54. The maximum atomic E-state index is 6.19. The van der Waals surface area contributed by atoms with E-state index in [1.54, 1.807) is 11.3 Å². The predicted octanol–water partition coefficient (Wildman–Crippen LogP) is 4.75. The van der Waals surface area contributed by atoms with E-state index in [9.17, 15) is 0 Å². The first kappa shape index (κ1) is 13.3. The number of anilines is 1. The van der Waals surface area contributed by atoms with E-state index in [1.165, 1.54) is 5.56 Å². The van der Waals surface area contributed by atoms with Gasteiger partial charge in [0.15, 0.2) is 5.82 Å². The minimum Gasteiger partial charge on any atom is -0.370 e. The molecule has 0 saturated heterocycles. The molecular weight excluding hydrogens is 290 g/mol. The smallest absolute Gasteiger partial charge is 0.173 e. The first-order chi connectivity index (χ1) is 9.69. The van der Waals surface area contributed by atoms with Crippen molar-refractivity contribution >= 4 is 39.7 Å². The topological polar surface area (TPSA) is 37.8 Å². The number of halogens is 1. The van der Waals surface area contributed by atoms with Gasteiger partial charge in [0.05, 0.1) is 15.4 Å². The summed E-state index contributed by atoms with van der Waals surface area (Å²) in [4.78, 5) is 10.2. The monoisotopic (exact) mass is 303 g/mol. The van der Waals surface area contributed by atoms with Gasteiger partial charge in [-0.1, -0.05) is 23.2 Å². The van der Waals surface area contributed by atoms with E-state index >= 15 is 0 Å². The fourth-order valence-electron chi connectivity index (χ4n) is 2.10. The average Bonchev–Trinajstić information content (AvgIpc) is 2.85. The molecule has 5 heteroatoms. The zero-order valence-corrected chi connectivity index (χ0v) is 12.8. The van der Waals surface area contributed by atoms with Crippen molar-refractivity contribution in [1.82, 2.24) is 9.97 Å². The van der Waals surface area contributed by atoms with Crippen LogP contribution in [0.25, 0.3) is 21.6 Å². The van der Waals surface area contributed by atoms with E-state index in [-0.39, 0.29) is 0 Å². The maximum absolute atomic E-state index is 6.19. The van der Waals surface area contributed by atoms with E-state index in [2.05, 4.69) is 41.3 Å². The number of nitrogens with one attached hydrogen (secondary N) is 1. The highest BCUT2D eigenvalue weighted by molar-refractivity contribution is 7.14. The molecule has 2 heterocycles. The molecule has 0 bridgehead atoms. The molecule has 0 spiro atoms. The van der Waals surface area contributed by atoms with Gasteiger partial charge < -0.3 is 5.32 Å². The van der Waals surface area contributed by atoms with Crippen LogP contribution >= 0.6 is 22.9 Å². The van der Waals surface area contributed by atoms with Gasteiger partial charge in [0, 0.05) is 11.9 Å². The Morgan fingerprint density at radius 2 is 2.10 bits per heavy atom. The summed E-state index contributed by atoms with van der Waals surface area (Å²) >= 11 is 7.75. The molecule has 0 atom stereocenters. The van der Waals surface area contributed by atoms with Gasteiger partial charge in [0.1, 0.15) is 5.82 Å². The highest BCUT2D eigenvalue weighted by Gasteiger charge is 2.12. The molecule has 0 amide bonds. The number of rotatable bonds is 3. The Hall–Kier alpha value is -1.65. The standard InChI is InChI=1S/C15H14ClN3S/c1-3-17-14-10-8-9(2)4-5-12(10)18-15(19-14)13-11(16)6-7-20-13/h4-8H,3H2,1-2H3,(H,17,18,19). The van der Waals surface area contributed by atoms with E-state index in [0.29, 0.717) is 10.8 Å². The second-order valence-electron chi connectivity index (χ2n) is 4.54. The molecule has 0 aliphatic carbocycles. The minimum atomic E-state index is 0.678. The van der Waals surface area contributed by atoms with Crippen molar-refractivity contribution in [2.24, 2.45) is 0 Å². The van der Waals surface area contributed by atoms with Gasteiger partial charge in [-0.3, -0.25) is 0 Å². The van der Waals surface area contributed by atoms with Crippen molar-refractivity contribution < 1.29 is 0 Å². The number of aryl methyl sites for hydroxylation is 1. The third-order valence-corrected chi connectivity index (χ3v) is 4.35. The largest absolute Gasteiger partial charge is 0.370 e. The molecule has 0 unspecified atom stereocenters. The maximum Gasteiger partial charge on any atom is 0.173 e. The number of hydrogen-bond donors (Lipinski definition) is 1. The van der Waals surface area contributed by atoms with Crippen molar-refractivity contribution in [2.75, 3.05) is 11.9 Å². The number of nitrogens with zero attached hydrogens (tertiary/aromatic N) is 2. The van der Waals surface area contributed by atoms with Crippen LogP contribution in [0.5, 0.6) is 0 Å². The summed E-state index contributed by atoms with van der Waals surface area (Å²) in [6.07, 6.45) is 0. The Bertz CT molecular complexity index is 767. The Balaban J connectivity index is 2.25. The fourth-order valence-corrected chi connectivity index (χ4v) is 3.17. The number of hydrogen-bond acceptors (Lipinski definition) is 4. The number of benzene rings is 1. The van der Waals surface area contributed by atoms with Gasteiger partial charge in [0.2, 0.25) is 0 Å². The van der Waals surface area contributed by atoms with Crippen molar-refractivity contribution in [3.05, 3.63) is 40.2 Å². The van der Waals surface area contributed by atoms with Crippen LogP contribution < -0.4 is 5.32 Å². The summed E-state index contributed by atoms with van der Waals surface area (Å²) < 4.78 is 0. The van der Waals surface area contributed by atoms with Crippen molar-refractivity contribution in [3.8, 4) is 10.7 Å². The van der Waals surface area contributed by atoms with Crippen LogP contribution in [-0.2, 0) is 0 Å². The van der Waals surface area contributed by atoms with Gasteiger partial charge in [0.25, 0.3) is 0 Å². The molecule has 2 aromatic heterocycles. The molecule has 1 N–H and O–H groups in total. The van der Waals surface area contributed by atoms with E-state index in [0.717, 1.165) is 28.1 Å². The van der Waals surface area contributed by atoms with Gasteiger partial charge in [-0.15, -0.1) is 11.3 Å². The van der Waals surface area contributed by atoms with Crippen LogP contribution in [0.1, 0.15) is 12.5 Å². The number of thiophene rings is 1. The zero-order valence-electron chi connectivity index (χ0n) is 11.3. The molecular formula is C15H14ClN3S. The molecule has 0 saturated carbocycles. The van der Waals surface area contributed by atoms with E-state index < -0.39 is 0 Å². The lowest BCUT2D eigenvalue weighted by atomic mass is 10.1. The third kappa shape index (κ3) is 2.37. The minimum absolute atomic E-state index is 0.678. The van der Waals surface area contributed by atoms with Crippen LogP contribution in [0.2, 0.25) is 5.02 Å². The van der Waals surface area contributed by atoms with Gasteiger partial charge in [-0.05, 0) is 37.4 Å². The molecule has 102 valence electrons. The normalized spacial score (nSPS) is 10.9. The lowest BCUT2D eigenvalue weighted by molar-refractivity contribution is 1.15. The summed E-state index contributed by atoms with van der Waals surface area (Å²) in [5, 5.41) is 7.00. The Morgan fingerprint density at radius 3 is 2.80 bits per heavy atom. The highest BCUT2D eigenvalue weighted by Crippen LogP contribution is 2.33. The molecule has 3 rings (SSSR count). The highest BCUT2D eigenvalue weighted by atomic mass is 35.5. The summed E-state index contributed by atoms with van der Waals surface area (Å²) in [7, 11) is 0. The van der Waals surface area contributed by atoms with Gasteiger partial charge >= 0.3 is 0 Å². The summed E-state index contributed by atoms with van der Waals surface area (Å²) in [6.45, 7) is 4.94. The van der Waals surface area contributed by atoms with Crippen LogP contribution in [0.3, 0.4) is 0 Å². The first-order valence-corrected chi connectivity index (χ1v) is 7.70. The summed E-state index contributed by atoms with van der Waals surface area (Å²) in [6, 6.07) is 8.06. The van der Waals surface area contributed by atoms with Crippen LogP contribution in [-0.4, -0.2) is 16.5 Å². The number of fused-ring (bicyclic) bond motifs is 1. The third-order valence-electron chi connectivity index (χ3n) is 3.02. The zero-order chi connectivity index (χ0) is 14.1. The van der Waals surface area contributed by atoms with Gasteiger partial charge in [-0.2, -0.15) is 0 Å². The molecule has 0 fully saturated rings. The molecule has 0 aliphatic heterocycles. The van der Waals surface area contributed by atoms with Crippen molar-refractivity contribution in [1.29, 1.82) is 0 Å². The molecule has 3 aromatic rings.